The molecular formula is C20H24N2O3S. The summed E-state index contributed by atoms with van der Waals surface area (Å²) in [5.41, 5.74) is 2.86. The number of nitrogens with one attached hydrogen (secondary N) is 1. The zero-order valence-corrected chi connectivity index (χ0v) is 16.0. The van der Waals surface area contributed by atoms with Gasteiger partial charge in [-0.05, 0) is 43.7 Å². The monoisotopic (exact) mass is 372 g/mol. The first-order valence-corrected chi connectivity index (χ1v) is 9.79. The maximum atomic E-state index is 12.5. The molecule has 138 valence electrons. The molecule has 1 fully saturated rings. The van der Waals surface area contributed by atoms with E-state index in [9.17, 15) is 9.59 Å². The van der Waals surface area contributed by atoms with Gasteiger partial charge in [0.25, 0.3) is 0 Å². The lowest BCUT2D eigenvalue weighted by Gasteiger charge is -2.21. The Morgan fingerprint density at radius 3 is 2.62 bits per heavy atom. The van der Waals surface area contributed by atoms with E-state index in [-0.39, 0.29) is 5.91 Å². The Bertz CT molecular complexity index is 766. The van der Waals surface area contributed by atoms with Crippen LogP contribution >= 0.6 is 11.3 Å². The Labute approximate surface area is 158 Å². The van der Waals surface area contributed by atoms with Gasteiger partial charge in [-0.1, -0.05) is 29.8 Å². The number of aryl methyl sites for hydroxylation is 1. The number of benzene rings is 1. The average Bonchev–Trinajstić information content (AvgIpc) is 3.36. The maximum absolute atomic E-state index is 12.5. The summed E-state index contributed by atoms with van der Waals surface area (Å²) >= 11 is 1.34. The van der Waals surface area contributed by atoms with Gasteiger partial charge in [-0.3, -0.25) is 9.69 Å². The number of carbonyl (C=O) groups excluding carboxylic acids is 2. The number of hydrogen-bond donors (Lipinski definition) is 1. The molecule has 3 rings (SSSR count). The fourth-order valence-electron chi connectivity index (χ4n) is 2.81. The molecule has 2 aromatic rings. The topological polar surface area (TPSA) is 58.6 Å². The van der Waals surface area contributed by atoms with E-state index in [4.69, 9.17) is 4.74 Å². The molecule has 5 nitrogen and oxygen atoms in total. The summed E-state index contributed by atoms with van der Waals surface area (Å²) < 4.78 is 5.03. The second-order valence-corrected chi connectivity index (χ2v) is 7.47. The van der Waals surface area contributed by atoms with E-state index in [1.54, 1.807) is 18.4 Å². The van der Waals surface area contributed by atoms with Crippen molar-refractivity contribution in [3.05, 3.63) is 52.4 Å². The molecule has 0 radical (unpaired) electrons. The van der Waals surface area contributed by atoms with Crippen LogP contribution in [0.1, 0.15) is 41.3 Å². The minimum Gasteiger partial charge on any atom is -0.462 e. The number of anilines is 1. The first kappa shape index (κ1) is 18.6. The Kier molecular flexibility index (Phi) is 6.06. The lowest BCUT2D eigenvalue weighted by molar-refractivity contribution is -0.117. The highest BCUT2D eigenvalue weighted by Crippen LogP contribution is 2.29. The predicted octanol–water partition coefficient (Wildman–Crippen LogP) is 3.84. The van der Waals surface area contributed by atoms with Crippen LogP contribution in [0.3, 0.4) is 0 Å². The highest BCUT2D eigenvalue weighted by atomic mass is 32.1. The number of carbonyl (C=O) groups is 2. The zero-order valence-electron chi connectivity index (χ0n) is 15.2. The van der Waals surface area contributed by atoms with Crippen LogP contribution in [0.15, 0.2) is 35.7 Å². The first-order valence-electron chi connectivity index (χ1n) is 8.91. The summed E-state index contributed by atoms with van der Waals surface area (Å²) in [4.78, 5) is 26.7. The van der Waals surface area contributed by atoms with Gasteiger partial charge in [0, 0.05) is 12.6 Å². The summed E-state index contributed by atoms with van der Waals surface area (Å²) in [5.74, 6) is -0.500. The number of thiophene rings is 1. The Balaban J connectivity index is 1.61. The van der Waals surface area contributed by atoms with Crippen molar-refractivity contribution >= 4 is 28.2 Å². The van der Waals surface area contributed by atoms with Gasteiger partial charge in [-0.25, -0.2) is 4.79 Å². The van der Waals surface area contributed by atoms with Crippen LogP contribution in [0.5, 0.6) is 0 Å². The summed E-state index contributed by atoms with van der Waals surface area (Å²) in [6, 6.07) is 10.6. The molecule has 1 aromatic carbocycles. The molecule has 0 unspecified atom stereocenters. The molecule has 0 aliphatic heterocycles. The lowest BCUT2D eigenvalue weighted by Crippen LogP contribution is -2.34. The van der Waals surface area contributed by atoms with Gasteiger partial charge in [-0.15, -0.1) is 11.3 Å². The predicted molar refractivity (Wildman–Crippen MR) is 104 cm³/mol. The van der Waals surface area contributed by atoms with Crippen LogP contribution in [0.25, 0.3) is 0 Å². The number of hydrogen-bond acceptors (Lipinski definition) is 5. The highest BCUT2D eigenvalue weighted by Gasteiger charge is 2.30. The quantitative estimate of drug-likeness (QED) is 0.716. The molecule has 1 N–H and O–H groups in total. The van der Waals surface area contributed by atoms with E-state index in [1.807, 2.05) is 0 Å². The van der Waals surface area contributed by atoms with Gasteiger partial charge < -0.3 is 10.1 Å². The zero-order chi connectivity index (χ0) is 18.5. The SMILES string of the molecule is CCOC(=O)c1ccsc1NC(=O)CN(Cc1ccc(C)cc1)C1CC1. The molecule has 1 saturated carbocycles. The molecule has 0 saturated heterocycles. The Morgan fingerprint density at radius 2 is 1.96 bits per heavy atom. The van der Waals surface area contributed by atoms with Gasteiger partial charge in [0.1, 0.15) is 5.00 Å². The van der Waals surface area contributed by atoms with E-state index in [0.717, 1.165) is 19.4 Å². The number of ether oxygens (including phenoxy) is 1. The van der Waals surface area contributed by atoms with Crippen molar-refractivity contribution in [3.63, 3.8) is 0 Å². The van der Waals surface area contributed by atoms with Gasteiger partial charge in [0.2, 0.25) is 5.91 Å². The lowest BCUT2D eigenvalue weighted by atomic mass is 10.1. The third kappa shape index (κ3) is 4.93. The standard InChI is InChI=1S/C20H24N2O3S/c1-3-25-20(24)17-10-11-26-19(17)21-18(23)13-22(16-8-9-16)12-15-6-4-14(2)5-7-15/h4-7,10-11,16H,3,8-9,12-13H2,1-2H3,(H,21,23). The minimum atomic E-state index is -0.400. The van der Waals surface area contributed by atoms with Crippen LogP contribution in [0.2, 0.25) is 0 Å². The number of esters is 1. The molecule has 0 bridgehead atoms. The minimum absolute atomic E-state index is 0.1000. The largest absolute Gasteiger partial charge is 0.462 e. The molecule has 0 spiro atoms. The first-order chi connectivity index (χ1) is 12.6. The second-order valence-electron chi connectivity index (χ2n) is 6.55. The van der Waals surface area contributed by atoms with Crippen LogP contribution in [0, 0.1) is 6.92 Å². The average molecular weight is 372 g/mol. The number of rotatable bonds is 8. The normalized spacial score (nSPS) is 13.7. The van der Waals surface area contributed by atoms with Crippen molar-refractivity contribution in [2.75, 3.05) is 18.5 Å². The molecule has 6 heteroatoms. The van der Waals surface area contributed by atoms with Crippen LogP contribution in [0.4, 0.5) is 5.00 Å². The fraction of sp³-hybridized carbons (Fsp3) is 0.400. The summed E-state index contributed by atoms with van der Waals surface area (Å²) in [7, 11) is 0. The molecule has 1 amide bonds. The smallest absolute Gasteiger partial charge is 0.341 e. The van der Waals surface area contributed by atoms with Crippen LogP contribution in [-0.2, 0) is 16.1 Å². The van der Waals surface area contributed by atoms with Gasteiger partial charge in [-0.2, -0.15) is 0 Å². The molecule has 26 heavy (non-hydrogen) atoms. The summed E-state index contributed by atoms with van der Waals surface area (Å²) in [6.07, 6.45) is 2.26. The van der Waals surface area contributed by atoms with Crippen LogP contribution in [-0.4, -0.2) is 36.0 Å². The summed E-state index contributed by atoms with van der Waals surface area (Å²) in [5, 5.41) is 5.21. The maximum Gasteiger partial charge on any atom is 0.341 e. The van der Waals surface area contributed by atoms with Crippen LogP contribution < -0.4 is 5.32 Å². The molecule has 0 atom stereocenters. The third-order valence-corrected chi connectivity index (χ3v) is 5.16. The Morgan fingerprint density at radius 1 is 1.23 bits per heavy atom. The van der Waals surface area contributed by atoms with E-state index in [2.05, 4.69) is 41.4 Å². The number of amides is 1. The molecule has 1 aromatic heterocycles. The summed E-state index contributed by atoms with van der Waals surface area (Å²) in [6.45, 7) is 5.22. The highest BCUT2D eigenvalue weighted by molar-refractivity contribution is 7.14. The van der Waals surface area contributed by atoms with Crippen molar-refractivity contribution in [1.82, 2.24) is 4.90 Å². The fourth-order valence-corrected chi connectivity index (χ4v) is 3.60. The molecule has 1 aliphatic rings. The molecule has 1 aliphatic carbocycles. The third-order valence-electron chi connectivity index (χ3n) is 4.33. The number of nitrogens with zero attached hydrogens (tertiary/aromatic N) is 1. The van der Waals surface area contributed by atoms with Gasteiger partial charge in [0.05, 0.1) is 18.7 Å². The van der Waals surface area contributed by atoms with Crippen molar-refractivity contribution < 1.29 is 14.3 Å². The second kappa shape index (κ2) is 8.47. The van der Waals surface area contributed by atoms with E-state index in [1.165, 1.54) is 22.5 Å². The van der Waals surface area contributed by atoms with E-state index in [0.29, 0.717) is 29.8 Å². The van der Waals surface area contributed by atoms with Gasteiger partial charge in [0.15, 0.2) is 0 Å². The van der Waals surface area contributed by atoms with Crippen molar-refractivity contribution in [3.8, 4) is 0 Å². The molecular weight excluding hydrogens is 348 g/mol. The van der Waals surface area contributed by atoms with Crippen molar-refractivity contribution in [1.29, 1.82) is 0 Å². The van der Waals surface area contributed by atoms with Crippen molar-refractivity contribution in [2.24, 2.45) is 0 Å². The molecule has 1 heterocycles. The van der Waals surface area contributed by atoms with E-state index >= 15 is 0 Å². The van der Waals surface area contributed by atoms with Gasteiger partial charge >= 0.3 is 5.97 Å². The van der Waals surface area contributed by atoms with Crippen molar-refractivity contribution in [2.45, 2.75) is 39.3 Å². The van der Waals surface area contributed by atoms with E-state index < -0.39 is 5.97 Å². The Hall–Kier alpha value is -2.18.